The van der Waals surface area contributed by atoms with E-state index in [2.05, 4.69) is 15.5 Å². The predicted octanol–water partition coefficient (Wildman–Crippen LogP) is 6.28. The highest BCUT2D eigenvalue weighted by Gasteiger charge is 2.31. The molecule has 3 rings (SSSR count). The molecule has 0 bridgehead atoms. The molecule has 2 atom stereocenters. The number of rotatable bonds is 8. The maximum absolute atomic E-state index is 14.0. The van der Waals surface area contributed by atoms with E-state index in [1.54, 1.807) is 30.5 Å². The molecular weight excluding hydrogens is 472 g/mol. The van der Waals surface area contributed by atoms with Crippen molar-refractivity contribution in [2.45, 2.75) is 56.4 Å². The van der Waals surface area contributed by atoms with Gasteiger partial charge >= 0.3 is 6.18 Å². The molecule has 2 unspecified atom stereocenters. The van der Waals surface area contributed by atoms with Crippen LogP contribution in [0.2, 0.25) is 0 Å². The summed E-state index contributed by atoms with van der Waals surface area (Å²) in [6.45, 7) is 7.14. The summed E-state index contributed by atoms with van der Waals surface area (Å²) in [6.07, 6.45) is -5.14. The largest absolute Gasteiger partial charge is 0.480 e. The number of carbonyl (C=O) groups is 1. The number of nitrogens with zero attached hydrogens (tertiary/aromatic N) is 3. The van der Waals surface area contributed by atoms with Crippen molar-refractivity contribution in [2.24, 2.45) is 0 Å². The van der Waals surface area contributed by atoms with Crippen LogP contribution in [-0.2, 0) is 11.0 Å². The van der Waals surface area contributed by atoms with E-state index in [9.17, 15) is 22.4 Å². The first-order valence-electron chi connectivity index (χ1n) is 10.5. The van der Waals surface area contributed by atoms with E-state index in [-0.39, 0.29) is 17.5 Å². The summed E-state index contributed by atoms with van der Waals surface area (Å²) in [7, 11) is 0. The fourth-order valence-electron chi connectivity index (χ4n) is 3.14. The number of ether oxygens (including phenoxy) is 1. The van der Waals surface area contributed by atoms with Gasteiger partial charge in [-0.2, -0.15) is 13.2 Å². The Hall–Kier alpha value is -3.08. The van der Waals surface area contributed by atoms with Gasteiger partial charge in [0.2, 0.25) is 5.91 Å². The first kappa shape index (κ1) is 25.5. The molecule has 2 aromatic carbocycles. The number of benzene rings is 2. The molecule has 0 saturated carbocycles. The van der Waals surface area contributed by atoms with Crippen LogP contribution in [0.25, 0.3) is 0 Å². The minimum atomic E-state index is -4.51. The molecule has 1 amide bonds. The molecule has 1 N–H and O–H groups in total. The third-order valence-electron chi connectivity index (χ3n) is 4.82. The number of nitrogens with one attached hydrogen (secondary N) is 1. The third-order valence-corrected chi connectivity index (χ3v) is 5.88. The molecule has 182 valence electrons. The first-order valence-corrected chi connectivity index (χ1v) is 11.4. The number of thioether (sulfide) groups is 1. The first-order chi connectivity index (χ1) is 16.0. The zero-order valence-corrected chi connectivity index (χ0v) is 19.7. The van der Waals surface area contributed by atoms with Crippen molar-refractivity contribution in [3.05, 3.63) is 65.7 Å². The summed E-state index contributed by atoms with van der Waals surface area (Å²) in [6, 6.07) is 10.4. The van der Waals surface area contributed by atoms with Gasteiger partial charge < -0.3 is 14.6 Å². The Balaban J connectivity index is 1.74. The summed E-state index contributed by atoms with van der Waals surface area (Å²) in [5, 5.41) is 10.6. The van der Waals surface area contributed by atoms with Crippen molar-refractivity contribution in [1.29, 1.82) is 0 Å². The zero-order valence-electron chi connectivity index (χ0n) is 18.9. The number of amides is 1. The smallest absolute Gasteiger partial charge is 0.416 e. The van der Waals surface area contributed by atoms with Crippen LogP contribution in [0.3, 0.4) is 0 Å². The van der Waals surface area contributed by atoms with E-state index in [1.807, 2.05) is 13.8 Å². The third kappa shape index (κ3) is 6.07. The van der Waals surface area contributed by atoms with Crippen molar-refractivity contribution in [1.82, 2.24) is 14.8 Å². The van der Waals surface area contributed by atoms with Crippen LogP contribution in [0, 0.1) is 5.82 Å². The lowest BCUT2D eigenvalue weighted by atomic mass is 10.2. The van der Waals surface area contributed by atoms with Crippen LogP contribution >= 0.6 is 11.8 Å². The normalized spacial score (nSPS) is 13.6. The molecule has 1 aromatic heterocycles. The fraction of sp³-hybridized carbons (Fsp3) is 0.348. The number of aromatic nitrogens is 3. The highest BCUT2D eigenvalue weighted by molar-refractivity contribution is 8.00. The molecule has 0 saturated heterocycles. The minimum absolute atomic E-state index is 0.0465. The van der Waals surface area contributed by atoms with Gasteiger partial charge in [-0.3, -0.25) is 4.79 Å². The maximum atomic E-state index is 14.0. The number of carbonyl (C=O) groups excluding carboxylic acids is 1. The molecular formula is C23H24F4N4O2S. The highest BCUT2D eigenvalue weighted by Crippen LogP contribution is 2.32. The maximum Gasteiger partial charge on any atom is 0.416 e. The van der Waals surface area contributed by atoms with Crippen molar-refractivity contribution in [3.8, 4) is 5.75 Å². The van der Waals surface area contributed by atoms with Gasteiger partial charge in [-0.15, -0.1) is 10.2 Å². The van der Waals surface area contributed by atoms with E-state index in [1.165, 1.54) is 24.3 Å². The zero-order chi connectivity index (χ0) is 25.0. The summed E-state index contributed by atoms with van der Waals surface area (Å²) in [5.74, 6) is -0.457. The van der Waals surface area contributed by atoms with Crippen LogP contribution in [0.5, 0.6) is 5.75 Å². The number of halogens is 4. The van der Waals surface area contributed by atoms with Crippen molar-refractivity contribution in [2.75, 3.05) is 5.32 Å². The Bertz CT molecular complexity index is 1150. The molecule has 11 heteroatoms. The topological polar surface area (TPSA) is 69.0 Å². The fourth-order valence-corrected chi connectivity index (χ4v) is 4.13. The van der Waals surface area contributed by atoms with Gasteiger partial charge in [0.05, 0.1) is 10.8 Å². The van der Waals surface area contributed by atoms with E-state index >= 15 is 0 Å². The summed E-state index contributed by atoms with van der Waals surface area (Å²) in [5.41, 5.74) is -0.802. The van der Waals surface area contributed by atoms with E-state index in [4.69, 9.17) is 4.74 Å². The molecule has 1 heterocycles. The lowest BCUT2D eigenvalue weighted by Gasteiger charge is -2.20. The van der Waals surface area contributed by atoms with Gasteiger partial charge in [-0.25, -0.2) is 4.39 Å². The molecule has 34 heavy (non-hydrogen) atoms. The monoisotopic (exact) mass is 496 g/mol. The Morgan fingerprint density at radius 3 is 2.41 bits per heavy atom. The standard InChI is InChI=1S/C23H24F4N4O2S/c1-13(2)31-20(14(3)33-19-11-6-5-10-18(19)24)29-30-22(31)34-15(4)21(32)28-17-9-7-8-16(12-17)23(25,26)27/h5-15H,1-4H3,(H,28,32). The summed E-state index contributed by atoms with van der Waals surface area (Å²) in [4.78, 5) is 12.6. The molecule has 0 aliphatic rings. The number of hydrogen-bond acceptors (Lipinski definition) is 5. The second-order valence-corrected chi connectivity index (χ2v) is 9.13. The minimum Gasteiger partial charge on any atom is -0.480 e. The van der Waals surface area contributed by atoms with Gasteiger partial charge in [-0.05, 0) is 58.0 Å². The Labute approximate surface area is 198 Å². The average molecular weight is 497 g/mol. The lowest BCUT2D eigenvalue weighted by molar-refractivity contribution is -0.137. The number of hydrogen-bond donors (Lipinski definition) is 1. The Morgan fingerprint density at radius 1 is 1.06 bits per heavy atom. The second kappa shape index (κ2) is 10.5. The lowest BCUT2D eigenvalue weighted by Crippen LogP contribution is -2.23. The Kier molecular flexibility index (Phi) is 7.86. The molecule has 0 aliphatic carbocycles. The molecule has 0 radical (unpaired) electrons. The Morgan fingerprint density at radius 2 is 1.76 bits per heavy atom. The molecule has 0 spiro atoms. The van der Waals surface area contributed by atoms with E-state index in [0.29, 0.717) is 11.0 Å². The van der Waals surface area contributed by atoms with Crippen molar-refractivity contribution >= 4 is 23.4 Å². The van der Waals surface area contributed by atoms with E-state index in [0.717, 1.165) is 23.9 Å². The molecule has 0 aliphatic heterocycles. The summed E-state index contributed by atoms with van der Waals surface area (Å²) >= 11 is 1.11. The van der Waals surface area contributed by atoms with Crippen LogP contribution in [0.1, 0.15) is 51.2 Å². The quantitative estimate of drug-likeness (QED) is 0.294. The molecule has 0 fully saturated rings. The van der Waals surface area contributed by atoms with Crippen molar-refractivity contribution in [3.63, 3.8) is 0 Å². The predicted molar refractivity (Wildman–Crippen MR) is 121 cm³/mol. The summed E-state index contributed by atoms with van der Waals surface area (Å²) < 4.78 is 60.3. The van der Waals surface area contributed by atoms with Crippen LogP contribution in [-0.4, -0.2) is 25.9 Å². The molecule has 3 aromatic rings. The van der Waals surface area contributed by atoms with Gasteiger partial charge in [0.25, 0.3) is 0 Å². The average Bonchev–Trinajstić information content (AvgIpc) is 3.19. The van der Waals surface area contributed by atoms with Crippen molar-refractivity contribution < 1.29 is 27.1 Å². The SMILES string of the molecule is CC(Sc1nnc(C(C)Oc2ccccc2F)n1C(C)C)C(=O)Nc1cccc(C(F)(F)F)c1. The van der Waals surface area contributed by atoms with Gasteiger partial charge in [0.1, 0.15) is 0 Å². The number of para-hydroxylation sites is 1. The molecule has 6 nitrogen and oxygen atoms in total. The van der Waals surface area contributed by atoms with Crippen LogP contribution < -0.4 is 10.1 Å². The van der Waals surface area contributed by atoms with Gasteiger partial charge in [0.15, 0.2) is 28.7 Å². The second-order valence-electron chi connectivity index (χ2n) is 7.82. The number of alkyl halides is 3. The van der Waals surface area contributed by atoms with Gasteiger partial charge in [0, 0.05) is 11.7 Å². The number of anilines is 1. The van der Waals surface area contributed by atoms with Gasteiger partial charge in [-0.1, -0.05) is 30.0 Å². The highest BCUT2D eigenvalue weighted by atomic mass is 32.2. The van der Waals surface area contributed by atoms with E-state index < -0.39 is 34.8 Å². The van der Waals surface area contributed by atoms with Crippen LogP contribution in [0.4, 0.5) is 23.2 Å². The van der Waals surface area contributed by atoms with Crippen LogP contribution in [0.15, 0.2) is 53.7 Å².